The van der Waals surface area contributed by atoms with Gasteiger partial charge in [-0.25, -0.2) is 0 Å². The normalized spacial score (nSPS) is 19.6. The summed E-state index contributed by atoms with van der Waals surface area (Å²) in [7, 11) is 0. The molecule has 0 saturated carbocycles. The van der Waals surface area contributed by atoms with Gasteiger partial charge >= 0.3 is 5.97 Å². The van der Waals surface area contributed by atoms with Crippen LogP contribution in [0.2, 0.25) is 0 Å². The van der Waals surface area contributed by atoms with Gasteiger partial charge in [-0.15, -0.1) is 0 Å². The Balaban J connectivity index is 2.72. The van der Waals surface area contributed by atoms with Gasteiger partial charge < -0.3 is 15.3 Å². The first kappa shape index (κ1) is 15.5. The number of rotatable bonds is 4. The van der Waals surface area contributed by atoms with Gasteiger partial charge in [0.15, 0.2) is 0 Å². The molecule has 6 nitrogen and oxygen atoms in total. The molecule has 0 aromatic carbocycles. The molecule has 6 heteroatoms. The Morgan fingerprint density at radius 3 is 2.58 bits per heavy atom. The Labute approximate surface area is 113 Å². The summed E-state index contributed by atoms with van der Waals surface area (Å²) in [5.74, 6) is -1.36. The summed E-state index contributed by atoms with van der Waals surface area (Å²) in [5, 5.41) is 12.0. The topological polar surface area (TPSA) is 86.7 Å². The lowest BCUT2D eigenvalue weighted by Gasteiger charge is -2.31. The van der Waals surface area contributed by atoms with Gasteiger partial charge in [0.25, 0.3) is 0 Å². The van der Waals surface area contributed by atoms with E-state index < -0.39 is 11.4 Å². The standard InChI is InChI=1S/C13H22N2O4/c1-9(2)13(3,12(18)19)8-11(17)15-6-4-10(16)14-5-7-15/h9H,4-8H2,1-3H3,(H,14,16)(H,18,19). The zero-order valence-corrected chi connectivity index (χ0v) is 11.7. The second-order valence-corrected chi connectivity index (χ2v) is 5.53. The van der Waals surface area contributed by atoms with Crippen molar-refractivity contribution < 1.29 is 19.5 Å². The molecule has 1 aliphatic heterocycles. The molecule has 1 aliphatic rings. The molecule has 0 aliphatic carbocycles. The predicted molar refractivity (Wildman–Crippen MR) is 69.4 cm³/mol. The number of carbonyl (C=O) groups excluding carboxylic acids is 2. The maximum absolute atomic E-state index is 12.2. The average Bonchev–Trinajstić information content (AvgIpc) is 2.53. The number of aliphatic carboxylic acids is 1. The Hall–Kier alpha value is -1.59. The fourth-order valence-electron chi connectivity index (χ4n) is 1.97. The van der Waals surface area contributed by atoms with E-state index in [4.69, 9.17) is 0 Å². The summed E-state index contributed by atoms with van der Waals surface area (Å²) in [6.45, 7) is 6.43. The number of nitrogens with one attached hydrogen (secondary N) is 1. The van der Waals surface area contributed by atoms with Gasteiger partial charge in [-0.2, -0.15) is 0 Å². The number of amides is 2. The summed E-state index contributed by atoms with van der Waals surface area (Å²) in [6.07, 6.45) is 0.241. The van der Waals surface area contributed by atoms with E-state index in [2.05, 4.69) is 5.32 Å². The fourth-order valence-corrected chi connectivity index (χ4v) is 1.97. The molecule has 0 spiro atoms. The van der Waals surface area contributed by atoms with Crippen LogP contribution in [-0.2, 0) is 14.4 Å². The number of hydrogen-bond acceptors (Lipinski definition) is 3. The van der Waals surface area contributed by atoms with Crippen LogP contribution in [0.25, 0.3) is 0 Å². The minimum absolute atomic E-state index is 0.0335. The Bertz CT molecular complexity index is 381. The molecule has 108 valence electrons. The largest absolute Gasteiger partial charge is 0.481 e. The summed E-state index contributed by atoms with van der Waals surface area (Å²) in [4.78, 5) is 36.3. The van der Waals surface area contributed by atoms with E-state index in [9.17, 15) is 19.5 Å². The van der Waals surface area contributed by atoms with Gasteiger partial charge in [0, 0.05) is 32.5 Å². The molecule has 0 aromatic rings. The monoisotopic (exact) mass is 270 g/mol. The number of carbonyl (C=O) groups is 3. The van der Waals surface area contributed by atoms with Crippen LogP contribution in [0.5, 0.6) is 0 Å². The molecule has 2 amide bonds. The maximum atomic E-state index is 12.2. The van der Waals surface area contributed by atoms with Gasteiger partial charge in [0.1, 0.15) is 0 Å². The smallest absolute Gasteiger partial charge is 0.310 e. The number of carboxylic acid groups (broad SMARTS) is 1. The van der Waals surface area contributed by atoms with E-state index in [1.54, 1.807) is 25.7 Å². The number of carboxylic acids is 1. The van der Waals surface area contributed by atoms with Gasteiger partial charge in [-0.1, -0.05) is 13.8 Å². The van der Waals surface area contributed by atoms with Crippen LogP contribution in [0.4, 0.5) is 0 Å². The summed E-state index contributed by atoms with van der Waals surface area (Å²) in [5.41, 5.74) is -1.07. The van der Waals surface area contributed by atoms with Crippen LogP contribution in [0.15, 0.2) is 0 Å². The van der Waals surface area contributed by atoms with Crippen molar-refractivity contribution in [2.75, 3.05) is 19.6 Å². The van der Waals surface area contributed by atoms with Crippen LogP contribution >= 0.6 is 0 Å². The molecule has 2 N–H and O–H groups in total. The molecule has 19 heavy (non-hydrogen) atoms. The van der Waals surface area contributed by atoms with E-state index in [0.29, 0.717) is 19.6 Å². The van der Waals surface area contributed by atoms with Crippen LogP contribution < -0.4 is 5.32 Å². The highest BCUT2D eigenvalue weighted by atomic mass is 16.4. The van der Waals surface area contributed by atoms with Crippen LogP contribution in [0.3, 0.4) is 0 Å². The number of hydrogen-bond donors (Lipinski definition) is 2. The van der Waals surface area contributed by atoms with Crippen molar-refractivity contribution in [3.63, 3.8) is 0 Å². The van der Waals surface area contributed by atoms with Crippen molar-refractivity contribution in [1.29, 1.82) is 0 Å². The Kier molecular flexibility index (Phi) is 4.91. The molecule has 0 bridgehead atoms. The third-order valence-corrected chi connectivity index (χ3v) is 3.95. The molecule has 1 fully saturated rings. The van der Waals surface area contributed by atoms with Gasteiger partial charge in [-0.05, 0) is 12.8 Å². The molecule has 1 unspecified atom stereocenters. The highest BCUT2D eigenvalue weighted by Gasteiger charge is 2.40. The van der Waals surface area contributed by atoms with E-state index in [1.165, 1.54) is 0 Å². The lowest BCUT2D eigenvalue weighted by Crippen LogP contribution is -2.42. The molecule has 0 aromatic heterocycles. The lowest BCUT2D eigenvalue weighted by molar-refractivity contribution is -0.155. The first-order valence-electron chi connectivity index (χ1n) is 6.55. The molecule has 1 atom stereocenters. The lowest BCUT2D eigenvalue weighted by atomic mass is 9.76. The quantitative estimate of drug-likeness (QED) is 0.777. The van der Waals surface area contributed by atoms with Gasteiger partial charge in [-0.3, -0.25) is 14.4 Å². The molecule has 1 heterocycles. The Morgan fingerprint density at radius 2 is 2.05 bits per heavy atom. The summed E-state index contributed by atoms with van der Waals surface area (Å²) >= 11 is 0. The molecule has 1 saturated heterocycles. The molecular weight excluding hydrogens is 248 g/mol. The number of nitrogens with zero attached hydrogens (tertiary/aromatic N) is 1. The third-order valence-electron chi connectivity index (χ3n) is 3.95. The van der Waals surface area contributed by atoms with E-state index in [0.717, 1.165) is 0 Å². The SMILES string of the molecule is CC(C)C(C)(CC(=O)N1CCNC(=O)CC1)C(=O)O. The van der Waals surface area contributed by atoms with Crippen molar-refractivity contribution in [2.24, 2.45) is 11.3 Å². The van der Waals surface area contributed by atoms with Crippen molar-refractivity contribution in [3.8, 4) is 0 Å². The fraction of sp³-hybridized carbons (Fsp3) is 0.769. The average molecular weight is 270 g/mol. The second kappa shape index (κ2) is 6.04. The van der Waals surface area contributed by atoms with Gasteiger partial charge in [0.2, 0.25) is 11.8 Å². The van der Waals surface area contributed by atoms with Crippen LogP contribution in [0, 0.1) is 11.3 Å². The van der Waals surface area contributed by atoms with Crippen molar-refractivity contribution in [3.05, 3.63) is 0 Å². The first-order valence-corrected chi connectivity index (χ1v) is 6.55. The van der Waals surface area contributed by atoms with Crippen molar-refractivity contribution in [1.82, 2.24) is 10.2 Å². The molecule has 1 rings (SSSR count). The third kappa shape index (κ3) is 3.68. The van der Waals surface area contributed by atoms with E-state index in [1.807, 2.05) is 0 Å². The highest BCUT2D eigenvalue weighted by Crippen LogP contribution is 2.32. The molecular formula is C13H22N2O4. The minimum Gasteiger partial charge on any atom is -0.481 e. The first-order chi connectivity index (χ1) is 8.77. The van der Waals surface area contributed by atoms with Crippen LogP contribution in [-0.4, -0.2) is 47.4 Å². The summed E-state index contributed by atoms with van der Waals surface area (Å²) in [6, 6.07) is 0. The van der Waals surface area contributed by atoms with Crippen molar-refractivity contribution in [2.45, 2.75) is 33.6 Å². The highest BCUT2D eigenvalue weighted by molar-refractivity contribution is 5.85. The second-order valence-electron chi connectivity index (χ2n) is 5.53. The zero-order chi connectivity index (χ0) is 14.6. The molecule has 0 radical (unpaired) electrons. The maximum Gasteiger partial charge on any atom is 0.310 e. The van der Waals surface area contributed by atoms with E-state index in [-0.39, 0.29) is 30.6 Å². The van der Waals surface area contributed by atoms with Crippen molar-refractivity contribution >= 4 is 17.8 Å². The summed E-state index contributed by atoms with van der Waals surface area (Å²) < 4.78 is 0. The van der Waals surface area contributed by atoms with Gasteiger partial charge in [0.05, 0.1) is 5.41 Å². The van der Waals surface area contributed by atoms with Crippen LogP contribution in [0.1, 0.15) is 33.6 Å². The van der Waals surface area contributed by atoms with E-state index >= 15 is 0 Å². The zero-order valence-electron chi connectivity index (χ0n) is 11.7. The minimum atomic E-state index is -1.07. The Morgan fingerprint density at radius 1 is 1.42 bits per heavy atom. The predicted octanol–water partition coefficient (Wildman–Crippen LogP) is 0.472.